The molecule has 0 atom stereocenters. The van der Waals surface area contributed by atoms with Crippen molar-refractivity contribution in [1.29, 1.82) is 0 Å². The third-order valence-electron chi connectivity index (χ3n) is 2.21. The number of hydrogen-bond donors (Lipinski definition) is 0. The van der Waals surface area contributed by atoms with Gasteiger partial charge >= 0.3 is 5.97 Å². The van der Waals surface area contributed by atoms with Crippen molar-refractivity contribution in [1.82, 2.24) is 0 Å². The van der Waals surface area contributed by atoms with Gasteiger partial charge in [-0.3, -0.25) is 0 Å². The van der Waals surface area contributed by atoms with Crippen molar-refractivity contribution < 1.29 is 14.3 Å². The summed E-state index contributed by atoms with van der Waals surface area (Å²) in [6, 6.07) is 7.05. The summed E-state index contributed by atoms with van der Waals surface area (Å²) in [5, 5.41) is 0. The van der Waals surface area contributed by atoms with Crippen LogP contribution in [0.25, 0.3) is 6.08 Å². The summed E-state index contributed by atoms with van der Waals surface area (Å²) < 4.78 is 10.6. The number of hydrogen-bond acceptors (Lipinski definition) is 3. The fourth-order valence-electron chi connectivity index (χ4n) is 1.41. The summed E-state index contributed by atoms with van der Waals surface area (Å²) in [6.45, 7) is 9.43. The number of benzene rings is 1. The molecule has 3 heteroatoms. The van der Waals surface area contributed by atoms with E-state index in [-0.39, 0.29) is 5.97 Å². The minimum Gasteiger partial charge on any atom is -0.430 e. The average Bonchev–Trinajstić information content (AvgIpc) is 2.28. The molecule has 0 spiro atoms. The van der Waals surface area contributed by atoms with Gasteiger partial charge in [-0.05, 0) is 24.6 Å². The van der Waals surface area contributed by atoms with Gasteiger partial charge in [0, 0.05) is 20.5 Å². The lowest BCUT2D eigenvalue weighted by Crippen LogP contribution is -2.31. The Balaban J connectivity index is 2.72. The molecule has 0 heterocycles. The molecule has 0 aliphatic carbocycles. The first-order chi connectivity index (χ1) is 7.98. The van der Waals surface area contributed by atoms with Crippen molar-refractivity contribution >= 4 is 12.0 Å². The van der Waals surface area contributed by atoms with Crippen LogP contribution < -0.4 is 0 Å². The van der Waals surface area contributed by atoms with E-state index in [4.69, 9.17) is 9.47 Å². The summed E-state index contributed by atoms with van der Waals surface area (Å²) >= 11 is 0. The molecular weight excluding hydrogens is 216 g/mol. The topological polar surface area (TPSA) is 35.5 Å². The minimum absolute atomic E-state index is 0.390. The van der Waals surface area contributed by atoms with E-state index in [1.807, 2.05) is 19.1 Å². The van der Waals surface area contributed by atoms with Crippen LogP contribution >= 0.6 is 0 Å². The number of carbonyl (C=O) groups is 1. The Labute approximate surface area is 102 Å². The molecule has 3 nitrogen and oxygen atoms in total. The molecule has 0 fully saturated rings. The Hall–Kier alpha value is -1.61. The van der Waals surface area contributed by atoms with Gasteiger partial charge in [-0.15, -0.1) is 0 Å². The van der Waals surface area contributed by atoms with E-state index in [1.54, 1.807) is 32.1 Å². The molecule has 0 bridgehead atoms. The summed E-state index contributed by atoms with van der Waals surface area (Å²) in [7, 11) is 0. The Kier molecular flexibility index (Phi) is 4.46. The van der Waals surface area contributed by atoms with Crippen LogP contribution in [0.1, 0.15) is 36.7 Å². The molecule has 0 saturated carbocycles. The fraction of sp³-hybridized carbons (Fsp3) is 0.357. The molecule has 0 aromatic heterocycles. The molecule has 0 radical (unpaired) electrons. The maximum Gasteiger partial charge on any atom is 0.340 e. The number of esters is 1. The standard InChI is InChI=1S/C14H18O3/c1-5-11-7-9-12(10-8-11)13(15)17-14(3,4)16-6-2/h5,7-10H,1,6H2,2-4H3. The molecule has 0 amide bonds. The van der Waals surface area contributed by atoms with Gasteiger partial charge in [-0.1, -0.05) is 24.8 Å². The zero-order valence-electron chi connectivity index (χ0n) is 10.5. The second-order valence-electron chi connectivity index (χ2n) is 4.05. The van der Waals surface area contributed by atoms with Crippen LogP contribution in [0.4, 0.5) is 0 Å². The zero-order valence-corrected chi connectivity index (χ0v) is 10.5. The molecule has 0 N–H and O–H groups in total. The van der Waals surface area contributed by atoms with Gasteiger partial charge < -0.3 is 9.47 Å². The van der Waals surface area contributed by atoms with E-state index < -0.39 is 5.79 Å². The molecule has 17 heavy (non-hydrogen) atoms. The van der Waals surface area contributed by atoms with Crippen LogP contribution in [0.5, 0.6) is 0 Å². The van der Waals surface area contributed by atoms with Crippen molar-refractivity contribution in [3.8, 4) is 0 Å². The maximum absolute atomic E-state index is 11.8. The molecule has 92 valence electrons. The van der Waals surface area contributed by atoms with Crippen molar-refractivity contribution in [2.45, 2.75) is 26.6 Å². The highest BCUT2D eigenvalue weighted by Gasteiger charge is 2.23. The fourth-order valence-corrected chi connectivity index (χ4v) is 1.41. The van der Waals surface area contributed by atoms with Gasteiger partial charge in [0.05, 0.1) is 5.56 Å². The molecule has 0 saturated heterocycles. The first-order valence-electron chi connectivity index (χ1n) is 5.58. The summed E-state index contributed by atoms with van der Waals surface area (Å²) in [4.78, 5) is 11.8. The molecular formula is C14H18O3. The van der Waals surface area contributed by atoms with Crippen molar-refractivity contribution in [3.05, 3.63) is 42.0 Å². The summed E-state index contributed by atoms with van der Waals surface area (Å²) in [5.74, 6) is -1.29. The molecule has 0 aliphatic heterocycles. The van der Waals surface area contributed by atoms with Crippen molar-refractivity contribution in [2.24, 2.45) is 0 Å². The highest BCUT2D eigenvalue weighted by molar-refractivity contribution is 5.89. The van der Waals surface area contributed by atoms with E-state index in [9.17, 15) is 4.79 Å². The average molecular weight is 234 g/mol. The molecule has 1 aromatic carbocycles. The van der Waals surface area contributed by atoms with Gasteiger partial charge in [0.1, 0.15) is 0 Å². The second-order valence-corrected chi connectivity index (χ2v) is 4.05. The normalized spacial score (nSPS) is 11.0. The molecule has 1 aromatic rings. The third kappa shape index (κ3) is 4.04. The smallest absolute Gasteiger partial charge is 0.340 e. The molecule has 0 aliphatic rings. The maximum atomic E-state index is 11.8. The lowest BCUT2D eigenvalue weighted by Gasteiger charge is -2.24. The van der Waals surface area contributed by atoms with Crippen LogP contribution in [0.15, 0.2) is 30.8 Å². The van der Waals surface area contributed by atoms with Crippen LogP contribution in [0.2, 0.25) is 0 Å². The highest BCUT2D eigenvalue weighted by Crippen LogP contribution is 2.15. The summed E-state index contributed by atoms with van der Waals surface area (Å²) in [5.41, 5.74) is 1.47. The third-order valence-corrected chi connectivity index (χ3v) is 2.21. The van der Waals surface area contributed by atoms with Crippen LogP contribution in [-0.2, 0) is 9.47 Å². The largest absolute Gasteiger partial charge is 0.430 e. The lowest BCUT2D eigenvalue weighted by atomic mass is 10.1. The van der Waals surface area contributed by atoms with E-state index >= 15 is 0 Å². The predicted octanol–water partition coefficient (Wildman–Crippen LogP) is 3.26. The lowest BCUT2D eigenvalue weighted by molar-refractivity contribution is -0.175. The van der Waals surface area contributed by atoms with Crippen LogP contribution in [-0.4, -0.2) is 18.4 Å². The highest BCUT2D eigenvalue weighted by atomic mass is 16.7. The van der Waals surface area contributed by atoms with Gasteiger partial charge in [-0.25, -0.2) is 4.79 Å². The summed E-state index contributed by atoms with van der Waals surface area (Å²) in [6.07, 6.45) is 1.72. The first-order valence-corrected chi connectivity index (χ1v) is 5.58. The number of carbonyl (C=O) groups excluding carboxylic acids is 1. The number of rotatable bonds is 5. The monoisotopic (exact) mass is 234 g/mol. The SMILES string of the molecule is C=Cc1ccc(C(=O)OC(C)(C)OCC)cc1. The van der Waals surface area contributed by atoms with E-state index in [0.29, 0.717) is 12.2 Å². The zero-order chi connectivity index (χ0) is 12.9. The van der Waals surface area contributed by atoms with Gasteiger partial charge in [-0.2, -0.15) is 0 Å². The Bertz CT molecular complexity index is 390. The first kappa shape index (κ1) is 13.5. The predicted molar refractivity (Wildman–Crippen MR) is 67.7 cm³/mol. The Morgan fingerprint density at radius 3 is 2.41 bits per heavy atom. The van der Waals surface area contributed by atoms with Crippen molar-refractivity contribution in [2.75, 3.05) is 6.61 Å². The van der Waals surface area contributed by atoms with Gasteiger partial charge in [0.15, 0.2) is 0 Å². The van der Waals surface area contributed by atoms with Crippen molar-refractivity contribution in [3.63, 3.8) is 0 Å². The number of ether oxygens (including phenoxy) is 2. The Morgan fingerprint density at radius 2 is 1.94 bits per heavy atom. The van der Waals surface area contributed by atoms with E-state index in [1.165, 1.54) is 0 Å². The second kappa shape index (κ2) is 5.64. The molecule has 1 rings (SSSR count). The van der Waals surface area contributed by atoms with E-state index in [2.05, 4.69) is 6.58 Å². The van der Waals surface area contributed by atoms with Crippen LogP contribution in [0, 0.1) is 0 Å². The van der Waals surface area contributed by atoms with Crippen LogP contribution in [0.3, 0.4) is 0 Å². The van der Waals surface area contributed by atoms with Gasteiger partial charge in [0.25, 0.3) is 0 Å². The Morgan fingerprint density at radius 1 is 1.35 bits per heavy atom. The van der Waals surface area contributed by atoms with E-state index in [0.717, 1.165) is 5.56 Å². The quantitative estimate of drug-likeness (QED) is 0.579. The minimum atomic E-state index is -0.900. The molecule has 0 unspecified atom stereocenters. The van der Waals surface area contributed by atoms with Gasteiger partial charge in [0.2, 0.25) is 5.79 Å².